The molecule has 2 aliphatic heterocycles. The van der Waals surface area contributed by atoms with Crippen LogP contribution in [0.4, 0.5) is 17.5 Å². The van der Waals surface area contributed by atoms with E-state index in [0.717, 1.165) is 0 Å². The fourth-order valence-electron chi connectivity index (χ4n) is 3.18. The van der Waals surface area contributed by atoms with E-state index in [9.17, 15) is 10.1 Å². The third-order valence-electron chi connectivity index (χ3n) is 4.88. The van der Waals surface area contributed by atoms with Gasteiger partial charge in [-0.3, -0.25) is 10.1 Å². The standard InChI is InChI=1S/C15H23N5O4/c1-10-11(20(21)22)12(18-6-14(2,7-18)23-4)17-13(16-10)19-8-15(3,9-19)24-5/h6-9H2,1-5H3. The molecule has 0 unspecified atom stereocenters. The van der Waals surface area contributed by atoms with Crippen molar-refractivity contribution in [2.45, 2.75) is 32.0 Å². The fraction of sp³-hybridized carbons (Fsp3) is 0.733. The van der Waals surface area contributed by atoms with Gasteiger partial charge < -0.3 is 19.3 Å². The SMILES string of the molecule is COC1(C)CN(c2nc(C)c([N+](=O)[O-])c(N3CC(C)(OC)C3)n2)C1. The number of aromatic nitrogens is 2. The third-order valence-corrected chi connectivity index (χ3v) is 4.88. The molecule has 0 amide bonds. The monoisotopic (exact) mass is 337 g/mol. The van der Waals surface area contributed by atoms with Crippen LogP contribution in [0.3, 0.4) is 0 Å². The van der Waals surface area contributed by atoms with Gasteiger partial charge >= 0.3 is 5.69 Å². The minimum absolute atomic E-state index is 0.0353. The minimum Gasteiger partial charge on any atom is -0.375 e. The highest BCUT2D eigenvalue weighted by atomic mass is 16.6. The summed E-state index contributed by atoms with van der Waals surface area (Å²) in [4.78, 5) is 23.7. The van der Waals surface area contributed by atoms with Crippen LogP contribution >= 0.6 is 0 Å². The van der Waals surface area contributed by atoms with Gasteiger partial charge in [0.05, 0.1) is 36.7 Å². The van der Waals surface area contributed by atoms with Crippen molar-refractivity contribution in [2.24, 2.45) is 0 Å². The topological polar surface area (TPSA) is 93.9 Å². The van der Waals surface area contributed by atoms with E-state index in [1.807, 2.05) is 23.6 Å². The first-order valence-corrected chi connectivity index (χ1v) is 7.83. The minimum atomic E-state index is -0.410. The van der Waals surface area contributed by atoms with Gasteiger partial charge in [-0.15, -0.1) is 0 Å². The van der Waals surface area contributed by atoms with Crippen LogP contribution in [0.25, 0.3) is 0 Å². The van der Waals surface area contributed by atoms with E-state index in [4.69, 9.17) is 9.47 Å². The molecule has 3 heterocycles. The van der Waals surface area contributed by atoms with E-state index in [0.29, 0.717) is 43.6 Å². The zero-order valence-electron chi connectivity index (χ0n) is 14.7. The lowest BCUT2D eigenvalue weighted by atomic mass is 9.96. The zero-order chi connectivity index (χ0) is 17.7. The molecule has 3 rings (SSSR count). The number of hydrogen-bond acceptors (Lipinski definition) is 8. The first-order valence-electron chi connectivity index (χ1n) is 7.83. The molecule has 0 saturated carbocycles. The molecule has 0 aromatic carbocycles. The Kier molecular flexibility index (Phi) is 3.88. The van der Waals surface area contributed by atoms with Gasteiger partial charge in [0.25, 0.3) is 0 Å². The van der Waals surface area contributed by atoms with E-state index in [1.165, 1.54) is 0 Å². The van der Waals surface area contributed by atoms with Crippen LogP contribution in [0.5, 0.6) is 0 Å². The summed E-state index contributed by atoms with van der Waals surface area (Å²) < 4.78 is 10.9. The van der Waals surface area contributed by atoms with E-state index in [2.05, 4.69) is 9.97 Å². The van der Waals surface area contributed by atoms with Crippen molar-refractivity contribution in [2.75, 3.05) is 50.2 Å². The van der Waals surface area contributed by atoms with Crippen molar-refractivity contribution < 1.29 is 14.4 Å². The van der Waals surface area contributed by atoms with Crippen molar-refractivity contribution >= 4 is 17.5 Å². The molecule has 0 atom stereocenters. The summed E-state index contributed by atoms with van der Waals surface area (Å²) in [6.45, 7) is 8.10. The maximum atomic E-state index is 11.5. The van der Waals surface area contributed by atoms with Gasteiger partial charge in [-0.1, -0.05) is 0 Å². The van der Waals surface area contributed by atoms with Crippen LogP contribution in [-0.4, -0.2) is 66.5 Å². The van der Waals surface area contributed by atoms with E-state index in [1.54, 1.807) is 21.1 Å². The predicted octanol–water partition coefficient (Wildman–Crippen LogP) is 1.14. The highest BCUT2D eigenvalue weighted by Gasteiger charge is 2.45. The Labute approximate surface area is 140 Å². The smallest absolute Gasteiger partial charge is 0.332 e. The normalized spacial score (nSPS) is 21.2. The van der Waals surface area contributed by atoms with Gasteiger partial charge in [-0.05, 0) is 20.8 Å². The Morgan fingerprint density at radius 2 is 1.54 bits per heavy atom. The summed E-state index contributed by atoms with van der Waals surface area (Å²) in [6, 6.07) is 0. The summed E-state index contributed by atoms with van der Waals surface area (Å²) >= 11 is 0. The molecule has 9 heteroatoms. The van der Waals surface area contributed by atoms with Crippen LogP contribution in [0.15, 0.2) is 0 Å². The van der Waals surface area contributed by atoms with E-state index in [-0.39, 0.29) is 16.9 Å². The average molecular weight is 337 g/mol. The largest absolute Gasteiger partial charge is 0.375 e. The summed E-state index contributed by atoms with van der Waals surface area (Å²) in [5.74, 6) is 0.872. The molecule has 1 aromatic rings. The maximum Gasteiger partial charge on any atom is 0.332 e. The number of methoxy groups -OCH3 is 2. The molecule has 1 aromatic heterocycles. The van der Waals surface area contributed by atoms with Gasteiger partial charge in [0, 0.05) is 14.2 Å². The summed E-state index contributed by atoms with van der Waals surface area (Å²) in [7, 11) is 3.32. The third kappa shape index (κ3) is 2.67. The van der Waals surface area contributed by atoms with Crippen LogP contribution in [0, 0.1) is 17.0 Å². The molecule has 0 bridgehead atoms. The number of anilines is 2. The Balaban J connectivity index is 1.90. The fourth-order valence-corrected chi connectivity index (χ4v) is 3.18. The molecule has 0 N–H and O–H groups in total. The average Bonchev–Trinajstić information content (AvgIpc) is 2.47. The molecule has 24 heavy (non-hydrogen) atoms. The summed E-state index contributed by atoms with van der Waals surface area (Å²) in [6.07, 6.45) is 0. The molecule has 2 aliphatic rings. The van der Waals surface area contributed by atoms with Crippen molar-refractivity contribution in [1.82, 2.24) is 9.97 Å². The highest BCUT2D eigenvalue weighted by molar-refractivity contribution is 5.65. The van der Waals surface area contributed by atoms with Gasteiger partial charge in [0.2, 0.25) is 11.8 Å². The van der Waals surface area contributed by atoms with Crippen molar-refractivity contribution in [3.8, 4) is 0 Å². The van der Waals surface area contributed by atoms with Gasteiger partial charge in [-0.25, -0.2) is 4.98 Å². The summed E-state index contributed by atoms with van der Waals surface area (Å²) in [5, 5.41) is 11.5. The van der Waals surface area contributed by atoms with E-state index < -0.39 is 4.92 Å². The first kappa shape index (κ1) is 16.8. The Morgan fingerprint density at radius 3 is 2.00 bits per heavy atom. The lowest BCUT2D eigenvalue weighted by Crippen LogP contribution is -2.62. The van der Waals surface area contributed by atoms with Crippen molar-refractivity contribution in [1.29, 1.82) is 0 Å². The van der Waals surface area contributed by atoms with Crippen LogP contribution in [0.1, 0.15) is 19.5 Å². The maximum absolute atomic E-state index is 11.5. The summed E-state index contributed by atoms with van der Waals surface area (Å²) in [5.41, 5.74) is -0.174. The molecular formula is C15H23N5O4. The second-order valence-electron chi connectivity index (χ2n) is 7.06. The zero-order valence-corrected chi connectivity index (χ0v) is 14.7. The second-order valence-corrected chi connectivity index (χ2v) is 7.06. The number of nitrogens with zero attached hydrogens (tertiary/aromatic N) is 5. The quantitative estimate of drug-likeness (QED) is 0.583. The van der Waals surface area contributed by atoms with Crippen molar-refractivity contribution in [3.05, 3.63) is 15.8 Å². The highest BCUT2D eigenvalue weighted by Crippen LogP contribution is 2.38. The molecule has 0 aliphatic carbocycles. The first-order chi connectivity index (χ1) is 11.2. The van der Waals surface area contributed by atoms with Crippen LogP contribution < -0.4 is 9.80 Å². The van der Waals surface area contributed by atoms with E-state index >= 15 is 0 Å². The number of nitro groups is 1. The predicted molar refractivity (Wildman–Crippen MR) is 88.7 cm³/mol. The lowest BCUT2D eigenvalue weighted by molar-refractivity contribution is -0.385. The molecule has 2 saturated heterocycles. The number of aryl methyl sites for hydroxylation is 1. The molecule has 0 radical (unpaired) electrons. The number of rotatable bonds is 5. The van der Waals surface area contributed by atoms with Crippen molar-refractivity contribution in [3.63, 3.8) is 0 Å². The number of ether oxygens (including phenoxy) is 2. The molecule has 2 fully saturated rings. The molecule has 9 nitrogen and oxygen atoms in total. The lowest BCUT2D eigenvalue weighted by Gasteiger charge is -2.48. The van der Waals surface area contributed by atoms with Gasteiger partial charge in [0.15, 0.2) is 0 Å². The Morgan fingerprint density at radius 1 is 1.04 bits per heavy atom. The Hall–Kier alpha value is -2.00. The van der Waals surface area contributed by atoms with Gasteiger partial charge in [0.1, 0.15) is 11.3 Å². The van der Waals surface area contributed by atoms with Crippen LogP contribution in [-0.2, 0) is 9.47 Å². The molecule has 132 valence electrons. The van der Waals surface area contributed by atoms with Crippen LogP contribution in [0.2, 0.25) is 0 Å². The Bertz CT molecular complexity index is 668. The molecule has 0 spiro atoms. The number of hydrogen-bond donors (Lipinski definition) is 0. The second kappa shape index (κ2) is 5.52. The van der Waals surface area contributed by atoms with Gasteiger partial charge in [-0.2, -0.15) is 4.98 Å². The molecular weight excluding hydrogens is 314 g/mol.